The first-order valence-electron chi connectivity index (χ1n) is 12.2. The maximum absolute atomic E-state index is 5.97. The summed E-state index contributed by atoms with van der Waals surface area (Å²) < 4.78 is 5.97. The third kappa shape index (κ3) is 6.23. The van der Waals surface area contributed by atoms with Crippen LogP contribution in [-0.4, -0.2) is 24.5 Å². The van der Waals surface area contributed by atoms with Gasteiger partial charge < -0.3 is 9.64 Å². The lowest BCUT2D eigenvalue weighted by molar-refractivity contribution is 0.128. The van der Waals surface area contributed by atoms with Crippen LogP contribution in [-0.2, 0) is 13.0 Å². The Kier molecular flexibility index (Phi) is 8.01. The van der Waals surface area contributed by atoms with E-state index in [1.54, 1.807) is 0 Å². The zero-order valence-electron chi connectivity index (χ0n) is 19.6. The molecule has 3 aromatic rings. The number of rotatable bonds is 9. The van der Waals surface area contributed by atoms with E-state index < -0.39 is 0 Å². The Morgan fingerprint density at radius 3 is 2.12 bits per heavy atom. The van der Waals surface area contributed by atoms with Gasteiger partial charge in [0.2, 0.25) is 0 Å². The molecule has 0 N–H and O–H groups in total. The molecular weight excluding hydrogens is 390 g/mol. The molecule has 0 aliphatic heterocycles. The first kappa shape index (κ1) is 22.6. The minimum absolute atomic E-state index is 0.624. The number of nitrogens with zero attached hydrogens (tertiary/aromatic N) is 1. The van der Waals surface area contributed by atoms with Crippen LogP contribution in [0, 0.1) is 5.92 Å². The van der Waals surface area contributed by atoms with Crippen LogP contribution in [0.15, 0.2) is 84.9 Å². The van der Waals surface area contributed by atoms with Crippen LogP contribution in [0.25, 0.3) is 0 Å². The van der Waals surface area contributed by atoms with Gasteiger partial charge in [-0.15, -0.1) is 0 Å². The summed E-state index contributed by atoms with van der Waals surface area (Å²) in [6, 6.07) is 30.8. The van der Waals surface area contributed by atoms with Crippen LogP contribution >= 0.6 is 0 Å². The van der Waals surface area contributed by atoms with Crippen molar-refractivity contribution in [3.05, 3.63) is 102 Å². The standard InChI is InChI=1S/C30H37NO/c1-24-22-28(17-20-30(24)31(2)21-9-14-25-10-5-3-6-11-25)27-15-18-29(19-16-27)32-23-26-12-7-4-8-13-26/h3-8,10-13,15-16,18-19,24,28,30H,9,14,17,20-23H2,1-2H3. The van der Waals surface area contributed by atoms with Crippen LogP contribution in [0.3, 0.4) is 0 Å². The SMILES string of the molecule is CC1CC(c2ccc(OCc3ccccc3)cc2)CCC1N(C)CCCc1ccccc1. The van der Waals surface area contributed by atoms with E-state index in [2.05, 4.69) is 97.7 Å². The Balaban J connectivity index is 1.23. The smallest absolute Gasteiger partial charge is 0.119 e. The van der Waals surface area contributed by atoms with Crippen LogP contribution in [0.5, 0.6) is 5.75 Å². The highest BCUT2D eigenvalue weighted by molar-refractivity contribution is 5.30. The fourth-order valence-electron chi connectivity index (χ4n) is 5.26. The number of ether oxygens (including phenoxy) is 1. The molecule has 3 aromatic carbocycles. The highest BCUT2D eigenvalue weighted by Gasteiger charge is 2.30. The van der Waals surface area contributed by atoms with Gasteiger partial charge in [-0.3, -0.25) is 0 Å². The fraction of sp³-hybridized carbons (Fsp3) is 0.400. The van der Waals surface area contributed by atoms with Gasteiger partial charge in [-0.1, -0.05) is 79.7 Å². The molecule has 3 atom stereocenters. The summed E-state index contributed by atoms with van der Waals surface area (Å²) in [6.45, 7) is 4.25. The molecule has 0 aromatic heterocycles. The van der Waals surface area contributed by atoms with E-state index >= 15 is 0 Å². The van der Waals surface area contributed by atoms with Crippen molar-refractivity contribution in [1.82, 2.24) is 4.90 Å². The predicted octanol–water partition coefficient (Wildman–Crippen LogP) is 7.10. The largest absolute Gasteiger partial charge is 0.489 e. The summed E-state index contributed by atoms with van der Waals surface area (Å²) in [5.41, 5.74) is 4.12. The van der Waals surface area contributed by atoms with Crippen molar-refractivity contribution in [1.29, 1.82) is 0 Å². The van der Waals surface area contributed by atoms with Crippen molar-refractivity contribution >= 4 is 0 Å². The number of benzene rings is 3. The van der Waals surface area contributed by atoms with Crippen LogP contribution < -0.4 is 4.74 Å². The van der Waals surface area contributed by atoms with E-state index in [9.17, 15) is 0 Å². The molecule has 0 amide bonds. The zero-order chi connectivity index (χ0) is 22.2. The molecule has 1 fully saturated rings. The first-order chi connectivity index (χ1) is 15.7. The Morgan fingerprint density at radius 1 is 0.812 bits per heavy atom. The molecule has 168 valence electrons. The third-order valence-electron chi connectivity index (χ3n) is 7.11. The topological polar surface area (TPSA) is 12.5 Å². The predicted molar refractivity (Wildman–Crippen MR) is 134 cm³/mol. The monoisotopic (exact) mass is 427 g/mol. The van der Waals surface area contributed by atoms with Gasteiger partial charge >= 0.3 is 0 Å². The van der Waals surface area contributed by atoms with Crippen LogP contribution in [0.4, 0.5) is 0 Å². The Morgan fingerprint density at radius 2 is 1.47 bits per heavy atom. The second-order valence-electron chi connectivity index (χ2n) is 9.47. The summed E-state index contributed by atoms with van der Waals surface area (Å²) in [6.07, 6.45) is 6.26. The summed E-state index contributed by atoms with van der Waals surface area (Å²) >= 11 is 0. The first-order valence-corrected chi connectivity index (χ1v) is 12.2. The Bertz CT molecular complexity index is 922. The second kappa shape index (κ2) is 11.3. The number of hydrogen-bond acceptors (Lipinski definition) is 2. The lowest BCUT2D eigenvalue weighted by Gasteiger charge is -2.40. The van der Waals surface area contributed by atoms with E-state index in [-0.39, 0.29) is 0 Å². The normalized spacial score (nSPS) is 20.9. The molecule has 0 spiro atoms. The van der Waals surface area contributed by atoms with Gasteiger partial charge in [-0.25, -0.2) is 0 Å². The minimum Gasteiger partial charge on any atom is -0.489 e. The molecule has 2 heteroatoms. The quantitative estimate of drug-likeness (QED) is 0.361. The van der Waals surface area contributed by atoms with E-state index in [4.69, 9.17) is 4.74 Å². The molecule has 32 heavy (non-hydrogen) atoms. The average Bonchev–Trinajstić information content (AvgIpc) is 2.84. The van der Waals surface area contributed by atoms with Gasteiger partial charge in [0.05, 0.1) is 0 Å². The average molecular weight is 428 g/mol. The molecule has 2 nitrogen and oxygen atoms in total. The van der Waals surface area contributed by atoms with Crippen molar-refractivity contribution in [2.24, 2.45) is 5.92 Å². The fourth-order valence-corrected chi connectivity index (χ4v) is 5.26. The molecule has 3 unspecified atom stereocenters. The van der Waals surface area contributed by atoms with E-state index in [0.717, 1.165) is 11.7 Å². The van der Waals surface area contributed by atoms with E-state index in [1.807, 2.05) is 6.07 Å². The minimum atomic E-state index is 0.624. The lowest BCUT2D eigenvalue weighted by atomic mass is 9.75. The van der Waals surface area contributed by atoms with E-state index in [1.165, 1.54) is 55.3 Å². The molecular formula is C30H37NO. The molecule has 4 rings (SSSR count). The van der Waals surface area contributed by atoms with Crippen molar-refractivity contribution in [3.63, 3.8) is 0 Å². The second-order valence-corrected chi connectivity index (χ2v) is 9.47. The molecule has 0 radical (unpaired) electrons. The van der Waals surface area contributed by atoms with Gasteiger partial charge in [0, 0.05) is 6.04 Å². The summed E-state index contributed by atoms with van der Waals surface area (Å²) in [5, 5.41) is 0. The molecule has 1 aliphatic carbocycles. The molecule has 1 saturated carbocycles. The van der Waals surface area contributed by atoms with Gasteiger partial charge in [-0.2, -0.15) is 0 Å². The van der Waals surface area contributed by atoms with Crippen molar-refractivity contribution in [2.45, 2.75) is 57.6 Å². The van der Waals surface area contributed by atoms with Crippen LogP contribution in [0.2, 0.25) is 0 Å². The number of hydrogen-bond donors (Lipinski definition) is 0. The van der Waals surface area contributed by atoms with Gasteiger partial charge in [0.25, 0.3) is 0 Å². The van der Waals surface area contributed by atoms with Gasteiger partial charge in [0.1, 0.15) is 12.4 Å². The highest BCUT2D eigenvalue weighted by atomic mass is 16.5. The van der Waals surface area contributed by atoms with E-state index in [0.29, 0.717) is 18.6 Å². The molecule has 1 aliphatic rings. The lowest BCUT2D eigenvalue weighted by Crippen LogP contribution is -2.41. The highest BCUT2D eigenvalue weighted by Crippen LogP contribution is 2.38. The molecule has 0 bridgehead atoms. The third-order valence-corrected chi connectivity index (χ3v) is 7.11. The zero-order valence-corrected chi connectivity index (χ0v) is 19.6. The summed E-state index contributed by atoms with van der Waals surface area (Å²) in [4.78, 5) is 2.62. The summed E-state index contributed by atoms with van der Waals surface area (Å²) in [7, 11) is 2.32. The molecule has 0 saturated heterocycles. The Labute approximate surface area is 194 Å². The maximum Gasteiger partial charge on any atom is 0.119 e. The maximum atomic E-state index is 5.97. The number of aryl methyl sites for hydroxylation is 1. The van der Waals surface area contributed by atoms with Crippen molar-refractivity contribution < 1.29 is 4.74 Å². The Hall–Kier alpha value is -2.58. The molecule has 0 heterocycles. The van der Waals surface area contributed by atoms with Crippen molar-refractivity contribution in [2.75, 3.05) is 13.6 Å². The van der Waals surface area contributed by atoms with Crippen molar-refractivity contribution in [3.8, 4) is 5.75 Å². The van der Waals surface area contributed by atoms with Gasteiger partial charge in [0.15, 0.2) is 0 Å². The van der Waals surface area contributed by atoms with Crippen LogP contribution in [0.1, 0.15) is 55.2 Å². The van der Waals surface area contributed by atoms with Gasteiger partial charge in [-0.05, 0) is 86.4 Å². The summed E-state index contributed by atoms with van der Waals surface area (Å²) in [5.74, 6) is 2.35.